The third-order valence-electron chi connectivity index (χ3n) is 10.5. The zero-order chi connectivity index (χ0) is 31.9. The van der Waals surface area contributed by atoms with Crippen LogP contribution >= 0.6 is 11.3 Å². The summed E-state index contributed by atoms with van der Waals surface area (Å²) in [5.74, 6) is 0. The van der Waals surface area contributed by atoms with Crippen molar-refractivity contribution >= 4 is 59.3 Å². The van der Waals surface area contributed by atoms with E-state index in [2.05, 4.69) is 169 Å². The van der Waals surface area contributed by atoms with E-state index in [4.69, 9.17) is 0 Å². The normalized spacial score (nSPS) is 14.4. The molecule has 0 N–H and O–H groups in total. The lowest BCUT2D eigenvalue weighted by molar-refractivity contribution is 0.346. The number of hydrogen-bond donors (Lipinski definition) is 0. The molecule has 1 nitrogen and oxygen atoms in total. The van der Waals surface area contributed by atoms with Gasteiger partial charge in [-0.3, -0.25) is 0 Å². The first-order valence-electron chi connectivity index (χ1n) is 17.2. The number of benzene rings is 7. The number of anilines is 3. The summed E-state index contributed by atoms with van der Waals surface area (Å²) < 4.78 is 2.64. The van der Waals surface area contributed by atoms with Gasteiger partial charge in [-0.25, -0.2) is 0 Å². The molecule has 9 rings (SSSR count). The van der Waals surface area contributed by atoms with Crippen LogP contribution in [0.1, 0.15) is 43.2 Å². The van der Waals surface area contributed by atoms with Gasteiger partial charge in [-0.1, -0.05) is 135 Å². The van der Waals surface area contributed by atoms with Gasteiger partial charge in [0.1, 0.15) is 0 Å². The fourth-order valence-corrected chi connectivity index (χ4v) is 9.27. The van der Waals surface area contributed by atoms with Crippen molar-refractivity contribution in [2.24, 2.45) is 0 Å². The Hall–Kier alpha value is -5.18. The summed E-state index contributed by atoms with van der Waals surface area (Å²) in [6.07, 6.45) is 6.29. The van der Waals surface area contributed by atoms with Gasteiger partial charge in [0.05, 0.1) is 0 Å². The standard InChI is InChI=1S/C46H37NS/c1-4-14-34(15-5-1)41-19-12-20-44-45(41)42-32-40(27-28-43(42)48-44)47(39-24-21-33-13-8-9-16-35(33)31-39)38-25-22-37(23-26-38)46(29-10-3-11-30-46)36-17-6-2-7-18-36/h1-2,4-9,12-28,31-32H,3,10-11,29-30H2. The second-order valence-corrected chi connectivity index (χ2v) is 14.3. The smallest absolute Gasteiger partial charge is 0.0468 e. The molecular formula is C46H37NS. The average molecular weight is 636 g/mol. The van der Waals surface area contributed by atoms with Gasteiger partial charge in [0.15, 0.2) is 0 Å². The van der Waals surface area contributed by atoms with Gasteiger partial charge in [-0.15, -0.1) is 11.3 Å². The van der Waals surface area contributed by atoms with E-state index in [1.807, 2.05) is 11.3 Å². The highest BCUT2D eigenvalue weighted by atomic mass is 32.1. The maximum atomic E-state index is 2.44. The van der Waals surface area contributed by atoms with Crippen LogP contribution in [0.25, 0.3) is 42.1 Å². The first kappa shape index (κ1) is 29.0. The Kier molecular flexibility index (Phi) is 7.32. The molecule has 1 heterocycles. The van der Waals surface area contributed by atoms with Crippen LogP contribution in [0.3, 0.4) is 0 Å². The van der Waals surface area contributed by atoms with Crippen LogP contribution in [0.5, 0.6) is 0 Å². The van der Waals surface area contributed by atoms with Crippen LogP contribution in [0.15, 0.2) is 164 Å². The highest BCUT2D eigenvalue weighted by Crippen LogP contribution is 2.47. The molecule has 7 aromatic carbocycles. The summed E-state index contributed by atoms with van der Waals surface area (Å²) >= 11 is 1.88. The Labute approximate surface area is 286 Å². The zero-order valence-corrected chi connectivity index (χ0v) is 27.8. The Morgan fingerprint density at radius 3 is 1.90 bits per heavy atom. The third-order valence-corrected chi connectivity index (χ3v) is 11.7. The second-order valence-electron chi connectivity index (χ2n) is 13.2. The summed E-state index contributed by atoms with van der Waals surface area (Å²) in [6.45, 7) is 0. The fourth-order valence-electron chi connectivity index (χ4n) is 8.16. The van der Waals surface area contributed by atoms with Gasteiger partial charge >= 0.3 is 0 Å². The van der Waals surface area contributed by atoms with E-state index in [1.165, 1.54) is 102 Å². The van der Waals surface area contributed by atoms with Crippen LogP contribution in [0.4, 0.5) is 17.1 Å². The number of nitrogens with zero attached hydrogens (tertiary/aromatic N) is 1. The first-order valence-corrected chi connectivity index (χ1v) is 18.0. The predicted molar refractivity (Wildman–Crippen MR) is 207 cm³/mol. The number of thiophene rings is 1. The van der Waals surface area contributed by atoms with Crippen molar-refractivity contribution in [1.82, 2.24) is 0 Å². The third kappa shape index (κ3) is 5.00. The van der Waals surface area contributed by atoms with Crippen molar-refractivity contribution in [2.45, 2.75) is 37.5 Å². The van der Waals surface area contributed by atoms with Gasteiger partial charge in [-0.05, 0) is 94.4 Å². The van der Waals surface area contributed by atoms with Gasteiger partial charge in [0, 0.05) is 42.6 Å². The van der Waals surface area contributed by atoms with Crippen LogP contribution in [-0.4, -0.2) is 0 Å². The Bertz CT molecular complexity index is 2360. The monoisotopic (exact) mass is 635 g/mol. The van der Waals surface area contributed by atoms with Gasteiger partial charge in [0.2, 0.25) is 0 Å². The van der Waals surface area contributed by atoms with Crippen LogP contribution in [-0.2, 0) is 5.41 Å². The molecule has 0 spiro atoms. The van der Waals surface area contributed by atoms with E-state index in [9.17, 15) is 0 Å². The maximum absolute atomic E-state index is 2.44. The molecule has 8 aromatic rings. The molecule has 1 saturated carbocycles. The molecule has 1 aromatic heterocycles. The molecule has 0 saturated heterocycles. The summed E-state index contributed by atoms with van der Waals surface area (Å²) in [5.41, 5.74) is 9.02. The topological polar surface area (TPSA) is 3.24 Å². The molecule has 0 bridgehead atoms. The van der Waals surface area contributed by atoms with Crippen molar-refractivity contribution < 1.29 is 0 Å². The second kappa shape index (κ2) is 12.1. The lowest BCUT2D eigenvalue weighted by Gasteiger charge is -2.39. The minimum atomic E-state index is 0.0775. The highest BCUT2D eigenvalue weighted by Gasteiger charge is 2.35. The van der Waals surface area contributed by atoms with E-state index >= 15 is 0 Å². The average Bonchev–Trinajstić information content (AvgIpc) is 3.54. The molecule has 232 valence electrons. The first-order chi connectivity index (χ1) is 23.8. The molecule has 48 heavy (non-hydrogen) atoms. The lowest BCUT2D eigenvalue weighted by Crippen LogP contribution is -2.30. The molecule has 1 fully saturated rings. The molecule has 0 radical (unpaired) electrons. The van der Waals surface area contributed by atoms with E-state index in [-0.39, 0.29) is 5.41 Å². The molecule has 0 unspecified atom stereocenters. The van der Waals surface area contributed by atoms with Crippen LogP contribution < -0.4 is 4.90 Å². The zero-order valence-electron chi connectivity index (χ0n) is 27.0. The Morgan fingerprint density at radius 1 is 0.458 bits per heavy atom. The van der Waals surface area contributed by atoms with Crippen molar-refractivity contribution in [1.29, 1.82) is 0 Å². The Balaban J connectivity index is 1.21. The van der Waals surface area contributed by atoms with Crippen LogP contribution in [0, 0.1) is 0 Å². The van der Waals surface area contributed by atoms with Gasteiger partial charge in [-0.2, -0.15) is 0 Å². The van der Waals surface area contributed by atoms with Crippen molar-refractivity contribution in [3.63, 3.8) is 0 Å². The number of hydrogen-bond acceptors (Lipinski definition) is 2. The fraction of sp³-hybridized carbons (Fsp3) is 0.130. The largest absolute Gasteiger partial charge is 0.310 e. The quantitative estimate of drug-likeness (QED) is 0.176. The minimum absolute atomic E-state index is 0.0775. The van der Waals surface area contributed by atoms with Crippen LogP contribution in [0.2, 0.25) is 0 Å². The molecule has 2 heteroatoms. The summed E-state index contributed by atoms with van der Waals surface area (Å²) in [7, 11) is 0. The molecular weight excluding hydrogens is 599 g/mol. The summed E-state index contributed by atoms with van der Waals surface area (Å²) in [4.78, 5) is 2.44. The minimum Gasteiger partial charge on any atom is -0.310 e. The summed E-state index contributed by atoms with van der Waals surface area (Å²) in [6, 6.07) is 60.8. The van der Waals surface area contributed by atoms with E-state index < -0.39 is 0 Å². The highest BCUT2D eigenvalue weighted by molar-refractivity contribution is 7.26. The van der Waals surface area contributed by atoms with Crippen molar-refractivity contribution in [2.75, 3.05) is 4.90 Å². The van der Waals surface area contributed by atoms with E-state index in [1.54, 1.807) is 0 Å². The van der Waals surface area contributed by atoms with Crippen molar-refractivity contribution in [3.8, 4) is 11.1 Å². The number of rotatable bonds is 6. The Morgan fingerprint density at radius 2 is 1.10 bits per heavy atom. The maximum Gasteiger partial charge on any atom is 0.0468 e. The summed E-state index contributed by atoms with van der Waals surface area (Å²) in [5, 5.41) is 5.14. The van der Waals surface area contributed by atoms with E-state index in [0.29, 0.717) is 0 Å². The van der Waals surface area contributed by atoms with Gasteiger partial charge < -0.3 is 4.90 Å². The van der Waals surface area contributed by atoms with Crippen molar-refractivity contribution in [3.05, 3.63) is 175 Å². The number of fused-ring (bicyclic) bond motifs is 4. The molecule has 1 aliphatic rings. The molecule has 0 aliphatic heterocycles. The molecule has 0 atom stereocenters. The van der Waals surface area contributed by atoms with E-state index in [0.717, 1.165) is 0 Å². The molecule has 0 amide bonds. The SMILES string of the molecule is c1ccc(-c2cccc3sc4ccc(N(c5ccc(C6(c7ccccc7)CCCCC6)cc5)c5ccc6ccccc6c5)cc4c23)cc1. The van der Waals surface area contributed by atoms with Gasteiger partial charge in [0.25, 0.3) is 0 Å². The molecule has 1 aliphatic carbocycles. The predicted octanol–water partition coefficient (Wildman–Crippen LogP) is 13.6. The lowest BCUT2D eigenvalue weighted by atomic mass is 9.65.